The molecule has 0 saturated carbocycles. The van der Waals surface area contributed by atoms with Gasteiger partial charge < -0.3 is 14.8 Å². The Morgan fingerprint density at radius 1 is 1.42 bits per heavy atom. The summed E-state index contributed by atoms with van der Waals surface area (Å²) in [5.74, 6) is 1.17. The minimum atomic E-state index is -0.0776. The largest absolute Gasteiger partial charge is 0.338 e. The maximum atomic E-state index is 12.5. The van der Waals surface area contributed by atoms with Gasteiger partial charge in [-0.15, -0.1) is 11.3 Å². The number of nitrogens with zero attached hydrogens (tertiary/aromatic N) is 3. The van der Waals surface area contributed by atoms with Crippen LogP contribution in [0.2, 0.25) is 0 Å². The van der Waals surface area contributed by atoms with E-state index in [9.17, 15) is 9.59 Å². The number of aryl methyl sites for hydroxylation is 2. The molecule has 0 bridgehead atoms. The highest BCUT2D eigenvalue weighted by Crippen LogP contribution is 2.23. The summed E-state index contributed by atoms with van der Waals surface area (Å²) in [6.07, 6.45) is 7.31. The molecule has 0 aliphatic carbocycles. The second kappa shape index (κ2) is 8.98. The lowest BCUT2D eigenvalue weighted by atomic mass is 9.93. The summed E-state index contributed by atoms with van der Waals surface area (Å²) in [6.45, 7) is 4.81. The lowest BCUT2D eigenvalue weighted by molar-refractivity contribution is 0.0850. The number of rotatable bonds is 7. The first kappa shape index (κ1) is 18.6. The molecule has 1 aliphatic rings. The third-order valence-electron chi connectivity index (χ3n) is 4.81. The maximum absolute atomic E-state index is 12.5. The normalized spacial score (nSPS) is 17.3. The molecule has 3 heterocycles. The Morgan fingerprint density at radius 2 is 2.31 bits per heavy atom. The summed E-state index contributed by atoms with van der Waals surface area (Å²) in [6, 6.07) is 3.71. The van der Waals surface area contributed by atoms with Crippen LogP contribution in [0.25, 0.3) is 0 Å². The predicted molar refractivity (Wildman–Crippen MR) is 103 cm³/mol. The molecule has 0 spiro atoms. The first-order valence-electron chi connectivity index (χ1n) is 9.29. The monoisotopic (exact) mass is 374 g/mol. The zero-order chi connectivity index (χ0) is 18.4. The van der Waals surface area contributed by atoms with Gasteiger partial charge in [-0.2, -0.15) is 0 Å². The SMILES string of the molecule is CCc1nccn1CCCNC(=O)N1CCCC(C(=O)c2cccs2)C1. The van der Waals surface area contributed by atoms with E-state index in [1.54, 1.807) is 4.90 Å². The molecule has 1 N–H and O–H groups in total. The van der Waals surface area contributed by atoms with Gasteiger partial charge in [0.25, 0.3) is 0 Å². The topological polar surface area (TPSA) is 67.2 Å². The Morgan fingerprint density at radius 3 is 3.08 bits per heavy atom. The third kappa shape index (κ3) is 4.52. The molecule has 1 unspecified atom stereocenters. The van der Waals surface area contributed by atoms with Gasteiger partial charge in [0.15, 0.2) is 5.78 Å². The van der Waals surface area contributed by atoms with Crippen LogP contribution in [0.5, 0.6) is 0 Å². The van der Waals surface area contributed by atoms with Crippen molar-refractivity contribution in [1.29, 1.82) is 0 Å². The zero-order valence-corrected chi connectivity index (χ0v) is 16.0. The van der Waals surface area contributed by atoms with E-state index in [1.165, 1.54) is 11.3 Å². The number of urea groups is 1. The van der Waals surface area contributed by atoms with Gasteiger partial charge in [-0.1, -0.05) is 13.0 Å². The molecule has 2 amide bonds. The molecular formula is C19H26N4O2S. The first-order valence-corrected chi connectivity index (χ1v) is 10.2. The van der Waals surface area contributed by atoms with Crippen molar-refractivity contribution in [3.8, 4) is 0 Å². The van der Waals surface area contributed by atoms with Crippen LogP contribution in [0, 0.1) is 5.92 Å². The van der Waals surface area contributed by atoms with Gasteiger partial charge in [0.05, 0.1) is 4.88 Å². The molecule has 1 saturated heterocycles. The van der Waals surface area contributed by atoms with Crippen LogP contribution in [0.4, 0.5) is 4.79 Å². The number of carbonyl (C=O) groups is 2. The molecular weight excluding hydrogens is 348 g/mol. The molecule has 2 aromatic rings. The fourth-order valence-corrected chi connectivity index (χ4v) is 4.15. The number of imidazole rings is 1. The van der Waals surface area contributed by atoms with Crippen LogP contribution >= 0.6 is 11.3 Å². The van der Waals surface area contributed by atoms with E-state index in [4.69, 9.17) is 0 Å². The van der Waals surface area contributed by atoms with Crippen molar-refractivity contribution in [3.63, 3.8) is 0 Å². The van der Waals surface area contributed by atoms with Crippen molar-refractivity contribution >= 4 is 23.2 Å². The van der Waals surface area contributed by atoms with Crippen molar-refractivity contribution in [2.45, 2.75) is 39.2 Å². The van der Waals surface area contributed by atoms with Crippen LogP contribution in [-0.4, -0.2) is 45.9 Å². The lowest BCUT2D eigenvalue weighted by Crippen LogP contribution is -2.47. The number of aromatic nitrogens is 2. The Bertz CT molecular complexity index is 726. The maximum Gasteiger partial charge on any atom is 0.317 e. The quantitative estimate of drug-likeness (QED) is 0.598. The van der Waals surface area contributed by atoms with Gasteiger partial charge in [0.2, 0.25) is 0 Å². The fourth-order valence-electron chi connectivity index (χ4n) is 3.41. The summed E-state index contributed by atoms with van der Waals surface area (Å²) in [5, 5.41) is 4.91. The van der Waals surface area contributed by atoms with Crippen molar-refractivity contribution in [1.82, 2.24) is 19.8 Å². The van der Waals surface area contributed by atoms with E-state index in [0.29, 0.717) is 13.1 Å². The Balaban J connectivity index is 1.43. The van der Waals surface area contributed by atoms with Gasteiger partial charge in [0.1, 0.15) is 5.82 Å². The van der Waals surface area contributed by atoms with E-state index < -0.39 is 0 Å². The summed E-state index contributed by atoms with van der Waals surface area (Å²) >= 11 is 1.48. The number of amides is 2. The highest BCUT2D eigenvalue weighted by molar-refractivity contribution is 7.12. The molecule has 1 aliphatic heterocycles. The number of carbonyl (C=O) groups excluding carboxylic acids is 2. The van der Waals surface area contributed by atoms with Gasteiger partial charge >= 0.3 is 6.03 Å². The first-order chi connectivity index (χ1) is 12.7. The second-order valence-corrected chi connectivity index (χ2v) is 7.55. The van der Waals surface area contributed by atoms with Gasteiger partial charge in [-0.25, -0.2) is 9.78 Å². The van der Waals surface area contributed by atoms with E-state index in [-0.39, 0.29) is 17.7 Å². The van der Waals surface area contributed by atoms with Crippen LogP contribution in [0.3, 0.4) is 0 Å². The summed E-state index contributed by atoms with van der Waals surface area (Å²) in [7, 11) is 0. The lowest BCUT2D eigenvalue weighted by Gasteiger charge is -2.31. The van der Waals surface area contributed by atoms with Gasteiger partial charge in [-0.05, 0) is 30.7 Å². The van der Waals surface area contributed by atoms with Crippen molar-refractivity contribution in [3.05, 3.63) is 40.6 Å². The van der Waals surface area contributed by atoms with E-state index in [2.05, 4.69) is 21.8 Å². The number of hydrogen-bond acceptors (Lipinski definition) is 4. The molecule has 0 aromatic carbocycles. The second-order valence-electron chi connectivity index (χ2n) is 6.60. The fraction of sp³-hybridized carbons (Fsp3) is 0.526. The number of likely N-dealkylation sites (tertiary alicyclic amines) is 1. The Kier molecular flexibility index (Phi) is 6.44. The average Bonchev–Trinajstić information content (AvgIpc) is 3.36. The number of piperidine rings is 1. The number of nitrogens with one attached hydrogen (secondary N) is 1. The van der Waals surface area contributed by atoms with Crippen molar-refractivity contribution in [2.24, 2.45) is 5.92 Å². The Hall–Kier alpha value is -2.15. The van der Waals surface area contributed by atoms with Crippen molar-refractivity contribution < 1.29 is 9.59 Å². The average molecular weight is 375 g/mol. The summed E-state index contributed by atoms with van der Waals surface area (Å²) in [5.41, 5.74) is 0. The highest BCUT2D eigenvalue weighted by Gasteiger charge is 2.29. The summed E-state index contributed by atoms with van der Waals surface area (Å²) < 4.78 is 2.13. The van der Waals surface area contributed by atoms with Crippen LogP contribution in [0.15, 0.2) is 29.9 Å². The molecule has 6 nitrogen and oxygen atoms in total. The number of Topliss-reactive ketones (excluding diaryl/α,β-unsaturated/α-hetero) is 1. The standard InChI is InChI=1S/C19H26N4O2S/c1-2-17-20-9-12-22(17)11-5-8-21-19(25)23-10-3-6-15(14-23)18(24)16-7-4-13-26-16/h4,7,9,12-13,15H,2-3,5-6,8,10-11,14H2,1H3,(H,21,25). The minimum Gasteiger partial charge on any atom is -0.338 e. The molecule has 1 atom stereocenters. The zero-order valence-electron chi connectivity index (χ0n) is 15.2. The van der Waals surface area contributed by atoms with E-state index in [1.807, 2.05) is 29.9 Å². The third-order valence-corrected chi connectivity index (χ3v) is 5.70. The number of hydrogen-bond donors (Lipinski definition) is 1. The molecule has 2 aromatic heterocycles. The molecule has 140 valence electrons. The molecule has 7 heteroatoms. The van der Waals surface area contributed by atoms with E-state index >= 15 is 0 Å². The van der Waals surface area contributed by atoms with Crippen LogP contribution in [0.1, 0.15) is 41.7 Å². The highest BCUT2D eigenvalue weighted by atomic mass is 32.1. The molecule has 1 fully saturated rings. The van der Waals surface area contributed by atoms with Crippen molar-refractivity contribution in [2.75, 3.05) is 19.6 Å². The van der Waals surface area contributed by atoms with Gasteiger partial charge in [0, 0.05) is 50.9 Å². The summed E-state index contributed by atoms with van der Waals surface area (Å²) in [4.78, 5) is 31.8. The number of thiophene rings is 1. The molecule has 0 radical (unpaired) electrons. The molecule has 3 rings (SSSR count). The van der Waals surface area contributed by atoms with Crippen LogP contribution in [-0.2, 0) is 13.0 Å². The van der Waals surface area contributed by atoms with E-state index in [0.717, 1.165) is 49.5 Å². The van der Waals surface area contributed by atoms with Crippen LogP contribution < -0.4 is 5.32 Å². The smallest absolute Gasteiger partial charge is 0.317 e. The molecule has 26 heavy (non-hydrogen) atoms. The number of ketones is 1. The minimum absolute atomic E-state index is 0.0602. The predicted octanol–water partition coefficient (Wildman–Crippen LogP) is 3.20. The van der Waals surface area contributed by atoms with Gasteiger partial charge in [-0.3, -0.25) is 4.79 Å². The Labute approximate surface area is 158 Å².